The summed E-state index contributed by atoms with van der Waals surface area (Å²) in [5, 5.41) is 14.5. The van der Waals surface area contributed by atoms with Gasteiger partial charge in [-0.1, -0.05) is 26.0 Å². The highest BCUT2D eigenvalue weighted by molar-refractivity contribution is 5.90. The first kappa shape index (κ1) is 19.1. The van der Waals surface area contributed by atoms with Gasteiger partial charge in [0, 0.05) is 6.54 Å². The molecule has 0 aromatic heterocycles. The maximum absolute atomic E-state index is 12.2. The third kappa shape index (κ3) is 8.29. The van der Waals surface area contributed by atoms with Gasteiger partial charge >= 0.3 is 12.2 Å². The topological polar surface area (TPSA) is 70.6 Å². The van der Waals surface area contributed by atoms with Crippen LogP contribution in [-0.2, 0) is 0 Å². The minimum Gasteiger partial charge on any atom is -0.482 e. The Kier molecular flexibility index (Phi) is 7.15. The van der Waals surface area contributed by atoms with Gasteiger partial charge in [-0.15, -0.1) is 0 Å². The number of amides is 2. The van der Waals surface area contributed by atoms with Crippen LogP contribution in [0.15, 0.2) is 24.3 Å². The third-order valence-corrected chi connectivity index (χ3v) is 2.77. The van der Waals surface area contributed by atoms with E-state index in [4.69, 9.17) is 0 Å². The van der Waals surface area contributed by atoms with Crippen LogP contribution >= 0.6 is 0 Å². The number of urea groups is 1. The van der Waals surface area contributed by atoms with E-state index in [2.05, 4.69) is 15.4 Å². The molecule has 0 aliphatic carbocycles. The second-order valence-electron chi connectivity index (χ2n) is 5.52. The molecular weight excluding hydrogens is 313 g/mol. The Morgan fingerprint density at radius 3 is 2.57 bits per heavy atom. The van der Waals surface area contributed by atoms with Crippen molar-refractivity contribution in [2.75, 3.05) is 18.5 Å². The Morgan fingerprint density at radius 1 is 1.30 bits per heavy atom. The van der Waals surface area contributed by atoms with Gasteiger partial charge in [0.25, 0.3) is 0 Å². The lowest BCUT2D eigenvalue weighted by Gasteiger charge is -2.16. The molecule has 2 amide bonds. The number of benzene rings is 1. The van der Waals surface area contributed by atoms with Crippen molar-refractivity contribution in [3.8, 4) is 5.75 Å². The number of aliphatic hydroxyl groups is 1. The smallest absolute Gasteiger partial charge is 0.422 e. The van der Waals surface area contributed by atoms with Crippen molar-refractivity contribution in [2.45, 2.75) is 32.5 Å². The summed E-state index contributed by atoms with van der Waals surface area (Å²) in [6.45, 7) is 2.49. The van der Waals surface area contributed by atoms with Crippen molar-refractivity contribution in [1.82, 2.24) is 5.32 Å². The average Bonchev–Trinajstić information content (AvgIpc) is 2.42. The van der Waals surface area contributed by atoms with Crippen molar-refractivity contribution >= 4 is 11.7 Å². The standard InChI is InChI=1S/C15H21F3N2O3/c1-10(2)7-11(21)8-19-14(22)20-12-5-3-4-6-13(12)23-9-15(16,17)18/h3-6,10-11,21H,7-9H2,1-2H3,(H2,19,20,22). The summed E-state index contributed by atoms with van der Waals surface area (Å²) in [5.74, 6) is 0.203. The minimum absolute atomic E-state index is 0.0512. The van der Waals surface area contributed by atoms with Crippen LogP contribution in [0, 0.1) is 5.92 Å². The number of hydrogen-bond donors (Lipinski definition) is 3. The lowest BCUT2D eigenvalue weighted by atomic mass is 10.1. The largest absolute Gasteiger partial charge is 0.482 e. The molecule has 0 saturated heterocycles. The number of hydrogen-bond acceptors (Lipinski definition) is 3. The van der Waals surface area contributed by atoms with Crippen LogP contribution in [0.4, 0.5) is 23.7 Å². The highest BCUT2D eigenvalue weighted by Crippen LogP contribution is 2.26. The number of para-hydroxylation sites is 2. The minimum atomic E-state index is -4.46. The second kappa shape index (κ2) is 8.61. The molecule has 1 aromatic carbocycles. The summed E-state index contributed by atoms with van der Waals surface area (Å²) in [5.41, 5.74) is 0.118. The van der Waals surface area contributed by atoms with E-state index in [0.717, 1.165) is 0 Å². The molecule has 5 nitrogen and oxygen atoms in total. The Bertz CT molecular complexity index is 507. The predicted octanol–water partition coefficient (Wildman–Crippen LogP) is 3.16. The maximum Gasteiger partial charge on any atom is 0.422 e. The van der Waals surface area contributed by atoms with Crippen molar-refractivity contribution in [1.29, 1.82) is 0 Å². The number of halogens is 3. The van der Waals surface area contributed by atoms with Gasteiger partial charge in [0.15, 0.2) is 6.61 Å². The lowest BCUT2D eigenvalue weighted by molar-refractivity contribution is -0.153. The van der Waals surface area contributed by atoms with Gasteiger partial charge in [0.1, 0.15) is 5.75 Å². The molecule has 0 fully saturated rings. The first-order valence-corrected chi connectivity index (χ1v) is 7.19. The summed E-state index contributed by atoms with van der Waals surface area (Å²) in [4.78, 5) is 11.7. The molecule has 8 heteroatoms. The molecule has 0 aliphatic rings. The molecule has 0 spiro atoms. The number of carbonyl (C=O) groups excluding carboxylic acids is 1. The molecule has 1 aromatic rings. The van der Waals surface area contributed by atoms with Crippen LogP contribution < -0.4 is 15.4 Å². The van der Waals surface area contributed by atoms with Crippen LogP contribution in [0.5, 0.6) is 5.75 Å². The van der Waals surface area contributed by atoms with E-state index in [9.17, 15) is 23.1 Å². The van der Waals surface area contributed by atoms with Crippen molar-refractivity contribution in [3.05, 3.63) is 24.3 Å². The zero-order valence-corrected chi connectivity index (χ0v) is 13.0. The Balaban J connectivity index is 2.54. The fraction of sp³-hybridized carbons (Fsp3) is 0.533. The maximum atomic E-state index is 12.2. The summed E-state index contributed by atoms with van der Waals surface area (Å²) < 4.78 is 41.3. The van der Waals surface area contributed by atoms with Crippen LogP contribution in [0.3, 0.4) is 0 Å². The van der Waals surface area contributed by atoms with E-state index in [1.54, 1.807) is 6.07 Å². The second-order valence-corrected chi connectivity index (χ2v) is 5.52. The van der Waals surface area contributed by atoms with E-state index in [-0.39, 0.29) is 23.9 Å². The van der Waals surface area contributed by atoms with Gasteiger partial charge in [-0.05, 0) is 24.5 Å². The molecule has 0 bridgehead atoms. The quantitative estimate of drug-likeness (QED) is 0.717. The van der Waals surface area contributed by atoms with Crippen molar-refractivity contribution in [3.63, 3.8) is 0 Å². The zero-order chi connectivity index (χ0) is 17.5. The third-order valence-electron chi connectivity index (χ3n) is 2.77. The molecule has 0 saturated carbocycles. The van der Waals surface area contributed by atoms with Gasteiger partial charge in [0.05, 0.1) is 11.8 Å². The number of nitrogens with one attached hydrogen (secondary N) is 2. The number of aliphatic hydroxyl groups excluding tert-OH is 1. The lowest BCUT2D eigenvalue weighted by Crippen LogP contribution is -2.35. The molecule has 0 radical (unpaired) electrons. The number of rotatable bonds is 7. The number of ether oxygens (including phenoxy) is 1. The normalized spacial score (nSPS) is 12.8. The van der Waals surface area contributed by atoms with Crippen LogP contribution in [-0.4, -0.2) is 36.6 Å². The summed E-state index contributed by atoms with van der Waals surface area (Å²) >= 11 is 0. The van der Waals surface area contributed by atoms with Gasteiger partial charge in [-0.2, -0.15) is 13.2 Å². The monoisotopic (exact) mass is 334 g/mol. The molecule has 0 heterocycles. The SMILES string of the molecule is CC(C)CC(O)CNC(=O)Nc1ccccc1OCC(F)(F)F. The van der Waals surface area contributed by atoms with Crippen LogP contribution in [0.25, 0.3) is 0 Å². The predicted molar refractivity (Wildman–Crippen MR) is 80.5 cm³/mol. The number of alkyl halides is 3. The molecule has 1 atom stereocenters. The fourth-order valence-corrected chi connectivity index (χ4v) is 1.86. The molecule has 1 unspecified atom stereocenters. The average molecular weight is 334 g/mol. The number of anilines is 1. The van der Waals surface area contributed by atoms with E-state index in [0.29, 0.717) is 6.42 Å². The Labute approximate surface area is 132 Å². The molecule has 130 valence electrons. The first-order valence-electron chi connectivity index (χ1n) is 7.19. The van der Waals surface area contributed by atoms with E-state index in [1.165, 1.54) is 18.2 Å². The highest BCUT2D eigenvalue weighted by atomic mass is 19.4. The Hall–Kier alpha value is -1.96. The Morgan fingerprint density at radius 2 is 1.96 bits per heavy atom. The van der Waals surface area contributed by atoms with Crippen LogP contribution in [0.1, 0.15) is 20.3 Å². The van der Waals surface area contributed by atoms with E-state index >= 15 is 0 Å². The van der Waals surface area contributed by atoms with Crippen molar-refractivity contribution < 1.29 is 27.8 Å². The van der Waals surface area contributed by atoms with Crippen molar-refractivity contribution in [2.24, 2.45) is 5.92 Å². The molecule has 1 rings (SSSR count). The fourth-order valence-electron chi connectivity index (χ4n) is 1.86. The molecule has 0 aliphatic heterocycles. The summed E-state index contributed by atoms with van der Waals surface area (Å²) in [6.07, 6.45) is -4.61. The summed E-state index contributed by atoms with van der Waals surface area (Å²) in [7, 11) is 0. The number of carbonyl (C=O) groups is 1. The highest BCUT2D eigenvalue weighted by Gasteiger charge is 2.28. The van der Waals surface area contributed by atoms with Gasteiger partial charge in [0.2, 0.25) is 0 Å². The van der Waals surface area contributed by atoms with E-state index < -0.39 is 24.9 Å². The molecule has 23 heavy (non-hydrogen) atoms. The molecular formula is C15H21F3N2O3. The first-order chi connectivity index (χ1) is 10.7. The van der Waals surface area contributed by atoms with Gasteiger partial charge in [-0.25, -0.2) is 4.79 Å². The summed E-state index contributed by atoms with van der Waals surface area (Å²) in [6, 6.07) is 5.19. The van der Waals surface area contributed by atoms with Gasteiger partial charge in [-0.3, -0.25) is 0 Å². The molecule has 3 N–H and O–H groups in total. The van der Waals surface area contributed by atoms with E-state index in [1.807, 2.05) is 13.8 Å². The van der Waals surface area contributed by atoms with Crippen LogP contribution in [0.2, 0.25) is 0 Å². The zero-order valence-electron chi connectivity index (χ0n) is 13.0. The van der Waals surface area contributed by atoms with Gasteiger partial charge < -0.3 is 20.5 Å².